The van der Waals surface area contributed by atoms with E-state index in [1.54, 1.807) is 24.4 Å². The fourth-order valence-electron chi connectivity index (χ4n) is 1.98. The van der Waals surface area contributed by atoms with E-state index in [-0.39, 0.29) is 5.69 Å². The Balaban J connectivity index is 2.08. The average molecular weight is 316 g/mol. The molecular formula is C16H20N4O3. The Labute approximate surface area is 135 Å². The number of nitro benzene ring substituents is 1. The molecule has 0 aliphatic heterocycles. The van der Waals surface area contributed by atoms with E-state index in [4.69, 9.17) is 4.74 Å². The van der Waals surface area contributed by atoms with Crippen molar-refractivity contribution in [3.63, 3.8) is 0 Å². The fourth-order valence-corrected chi connectivity index (χ4v) is 1.98. The van der Waals surface area contributed by atoms with Crippen LogP contribution < -0.4 is 10.1 Å². The van der Waals surface area contributed by atoms with Crippen molar-refractivity contribution in [2.75, 3.05) is 32.6 Å². The maximum absolute atomic E-state index is 11.1. The van der Waals surface area contributed by atoms with E-state index in [9.17, 15) is 10.1 Å². The van der Waals surface area contributed by atoms with Crippen LogP contribution in [0.3, 0.4) is 0 Å². The van der Waals surface area contributed by atoms with Crippen molar-refractivity contribution in [2.45, 2.75) is 6.92 Å². The third-order valence-electron chi connectivity index (χ3n) is 3.24. The Morgan fingerprint density at radius 1 is 1.30 bits per heavy atom. The van der Waals surface area contributed by atoms with Gasteiger partial charge in [0.1, 0.15) is 12.3 Å². The summed E-state index contributed by atoms with van der Waals surface area (Å²) in [4.78, 5) is 16.9. The molecule has 0 radical (unpaired) electrons. The van der Waals surface area contributed by atoms with Gasteiger partial charge in [-0.25, -0.2) is 4.98 Å². The first kappa shape index (κ1) is 16.7. The third-order valence-corrected chi connectivity index (χ3v) is 3.24. The monoisotopic (exact) mass is 316 g/mol. The van der Waals surface area contributed by atoms with Gasteiger partial charge < -0.3 is 15.0 Å². The SMILES string of the molecule is Cc1cccc([N+](=O)[O-])c1Nc1ccc(OCCN(C)C)nc1. The first-order chi connectivity index (χ1) is 11.0. The zero-order chi connectivity index (χ0) is 16.8. The van der Waals surface area contributed by atoms with Crippen molar-refractivity contribution in [1.29, 1.82) is 0 Å². The minimum Gasteiger partial charge on any atom is -0.476 e. The molecule has 0 fully saturated rings. The van der Waals surface area contributed by atoms with Gasteiger partial charge in [-0.3, -0.25) is 10.1 Å². The summed E-state index contributed by atoms with van der Waals surface area (Å²) in [5.41, 5.74) is 1.98. The van der Waals surface area contributed by atoms with Crippen LogP contribution in [0.25, 0.3) is 0 Å². The van der Waals surface area contributed by atoms with Gasteiger partial charge in [0, 0.05) is 18.7 Å². The first-order valence-electron chi connectivity index (χ1n) is 7.22. The van der Waals surface area contributed by atoms with Gasteiger partial charge in [-0.1, -0.05) is 12.1 Å². The van der Waals surface area contributed by atoms with E-state index in [2.05, 4.69) is 10.3 Å². The number of aryl methyl sites for hydroxylation is 1. The summed E-state index contributed by atoms with van der Waals surface area (Å²) in [6, 6.07) is 8.48. The second-order valence-corrected chi connectivity index (χ2v) is 5.39. The molecule has 0 aliphatic rings. The van der Waals surface area contributed by atoms with Crippen molar-refractivity contribution < 1.29 is 9.66 Å². The molecule has 2 rings (SSSR count). The summed E-state index contributed by atoms with van der Waals surface area (Å²) >= 11 is 0. The van der Waals surface area contributed by atoms with Crippen molar-refractivity contribution in [2.24, 2.45) is 0 Å². The minimum absolute atomic E-state index is 0.0382. The lowest BCUT2D eigenvalue weighted by Gasteiger charge is -2.12. The predicted molar refractivity (Wildman–Crippen MR) is 89.4 cm³/mol. The van der Waals surface area contributed by atoms with Crippen molar-refractivity contribution in [3.05, 3.63) is 52.2 Å². The Hall–Kier alpha value is -2.67. The molecule has 7 heteroatoms. The molecule has 0 bridgehead atoms. The smallest absolute Gasteiger partial charge is 0.292 e. The highest BCUT2D eigenvalue weighted by Gasteiger charge is 2.15. The number of likely N-dealkylation sites (N-methyl/N-ethyl adjacent to an activating group) is 1. The van der Waals surface area contributed by atoms with Crippen LogP contribution in [0.15, 0.2) is 36.5 Å². The third kappa shape index (κ3) is 4.65. The van der Waals surface area contributed by atoms with Crippen LogP contribution in [0, 0.1) is 17.0 Å². The van der Waals surface area contributed by atoms with Crippen LogP contribution in [0.5, 0.6) is 5.88 Å². The van der Waals surface area contributed by atoms with E-state index in [0.29, 0.717) is 23.9 Å². The Bertz CT molecular complexity index is 672. The van der Waals surface area contributed by atoms with Crippen LogP contribution in [0.2, 0.25) is 0 Å². The molecule has 1 heterocycles. The van der Waals surface area contributed by atoms with Gasteiger partial charge in [-0.2, -0.15) is 0 Å². The highest BCUT2D eigenvalue weighted by molar-refractivity contribution is 5.72. The number of rotatable bonds is 7. The summed E-state index contributed by atoms with van der Waals surface area (Å²) in [6.45, 7) is 3.18. The summed E-state index contributed by atoms with van der Waals surface area (Å²) in [7, 11) is 3.94. The Morgan fingerprint density at radius 3 is 2.70 bits per heavy atom. The average Bonchev–Trinajstić information content (AvgIpc) is 2.50. The number of nitrogens with one attached hydrogen (secondary N) is 1. The standard InChI is InChI=1S/C16H20N4O3/c1-12-5-4-6-14(20(21)22)16(12)18-13-7-8-15(17-11-13)23-10-9-19(2)3/h4-8,11,18H,9-10H2,1-3H3. The van der Waals surface area contributed by atoms with Gasteiger partial charge >= 0.3 is 0 Å². The summed E-state index contributed by atoms with van der Waals surface area (Å²) in [5, 5.41) is 14.2. The summed E-state index contributed by atoms with van der Waals surface area (Å²) in [6.07, 6.45) is 1.60. The molecule has 1 aromatic carbocycles. The molecule has 1 aromatic heterocycles. The number of para-hydroxylation sites is 1. The Kier molecular flexibility index (Phi) is 5.48. The Morgan fingerprint density at radius 2 is 2.09 bits per heavy atom. The number of hydrogen-bond donors (Lipinski definition) is 1. The lowest BCUT2D eigenvalue weighted by atomic mass is 10.1. The van der Waals surface area contributed by atoms with Gasteiger partial charge in [0.2, 0.25) is 5.88 Å². The molecule has 122 valence electrons. The molecule has 0 spiro atoms. The van der Waals surface area contributed by atoms with E-state index in [1.165, 1.54) is 6.07 Å². The van der Waals surface area contributed by atoms with Crippen LogP contribution >= 0.6 is 0 Å². The van der Waals surface area contributed by atoms with Gasteiger partial charge in [0.15, 0.2) is 0 Å². The highest BCUT2D eigenvalue weighted by Crippen LogP contribution is 2.30. The lowest BCUT2D eigenvalue weighted by Crippen LogP contribution is -2.19. The normalized spacial score (nSPS) is 10.6. The quantitative estimate of drug-likeness (QED) is 0.625. The minimum atomic E-state index is -0.401. The van der Waals surface area contributed by atoms with Gasteiger partial charge in [-0.15, -0.1) is 0 Å². The zero-order valence-corrected chi connectivity index (χ0v) is 13.4. The molecule has 7 nitrogen and oxygen atoms in total. The maximum atomic E-state index is 11.1. The number of benzene rings is 1. The number of pyridine rings is 1. The number of aromatic nitrogens is 1. The topological polar surface area (TPSA) is 80.5 Å². The van der Waals surface area contributed by atoms with Crippen molar-refractivity contribution in [1.82, 2.24) is 9.88 Å². The molecule has 0 unspecified atom stereocenters. The van der Waals surface area contributed by atoms with Crippen LogP contribution in [-0.2, 0) is 0 Å². The lowest BCUT2D eigenvalue weighted by molar-refractivity contribution is -0.383. The highest BCUT2D eigenvalue weighted by atomic mass is 16.6. The molecule has 0 aliphatic carbocycles. The largest absolute Gasteiger partial charge is 0.476 e. The second kappa shape index (κ2) is 7.55. The van der Waals surface area contributed by atoms with E-state index in [1.807, 2.05) is 32.0 Å². The molecule has 0 amide bonds. The number of nitro groups is 1. The van der Waals surface area contributed by atoms with Crippen LogP contribution in [0.4, 0.5) is 17.1 Å². The number of hydrogen-bond acceptors (Lipinski definition) is 6. The molecular weight excluding hydrogens is 296 g/mol. The maximum Gasteiger partial charge on any atom is 0.292 e. The summed E-state index contributed by atoms with van der Waals surface area (Å²) < 4.78 is 5.52. The van der Waals surface area contributed by atoms with Gasteiger partial charge in [-0.05, 0) is 32.6 Å². The molecule has 23 heavy (non-hydrogen) atoms. The second-order valence-electron chi connectivity index (χ2n) is 5.39. The molecule has 0 saturated carbocycles. The van der Waals surface area contributed by atoms with Crippen molar-refractivity contribution >= 4 is 17.1 Å². The molecule has 1 N–H and O–H groups in total. The predicted octanol–water partition coefficient (Wildman–Crippen LogP) is 2.98. The molecule has 0 atom stereocenters. The van der Waals surface area contributed by atoms with Crippen molar-refractivity contribution in [3.8, 4) is 5.88 Å². The van der Waals surface area contributed by atoms with Crippen LogP contribution in [-0.4, -0.2) is 42.1 Å². The first-order valence-corrected chi connectivity index (χ1v) is 7.22. The zero-order valence-electron chi connectivity index (χ0n) is 13.4. The number of nitrogens with zero attached hydrogens (tertiary/aromatic N) is 3. The summed E-state index contributed by atoms with van der Waals surface area (Å²) in [5.74, 6) is 0.525. The van der Waals surface area contributed by atoms with E-state index < -0.39 is 4.92 Å². The molecule has 0 saturated heterocycles. The number of ether oxygens (including phenoxy) is 1. The van der Waals surface area contributed by atoms with E-state index >= 15 is 0 Å². The molecule has 2 aromatic rings. The number of anilines is 2. The van der Waals surface area contributed by atoms with Gasteiger partial charge in [0.25, 0.3) is 5.69 Å². The fraction of sp³-hybridized carbons (Fsp3) is 0.312. The van der Waals surface area contributed by atoms with Gasteiger partial charge in [0.05, 0.1) is 16.8 Å². The van der Waals surface area contributed by atoms with E-state index in [0.717, 1.165) is 12.1 Å². The van der Waals surface area contributed by atoms with Crippen LogP contribution in [0.1, 0.15) is 5.56 Å².